The number of methoxy groups -OCH3 is 1. The van der Waals surface area contributed by atoms with E-state index < -0.39 is 0 Å². The van der Waals surface area contributed by atoms with Crippen LogP contribution < -0.4 is 0 Å². The maximum atomic E-state index is 12.0. The van der Waals surface area contributed by atoms with Crippen LogP contribution in [0.5, 0.6) is 0 Å². The van der Waals surface area contributed by atoms with Gasteiger partial charge in [-0.1, -0.05) is 19.2 Å². The van der Waals surface area contributed by atoms with Crippen molar-refractivity contribution in [1.82, 2.24) is 0 Å². The Morgan fingerprint density at radius 3 is 2.22 bits per heavy atom. The van der Waals surface area contributed by atoms with E-state index in [1.54, 1.807) is 22.7 Å². The highest BCUT2D eigenvalue weighted by Crippen LogP contribution is 2.48. The Labute approximate surface area is 148 Å². The van der Waals surface area contributed by atoms with Gasteiger partial charge in [-0.2, -0.15) is 22.7 Å². The number of hydrogen-bond acceptors (Lipinski definition) is 5. The quantitative estimate of drug-likeness (QED) is 0.675. The molecule has 3 heterocycles. The van der Waals surface area contributed by atoms with Gasteiger partial charge in [0.1, 0.15) is 0 Å². The first kappa shape index (κ1) is 16.3. The van der Waals surface area contributed by atoms with Crippen molar-refractivity contribution in [3.05, 3.63) is 68.9 Å². The molecule has 0 bridgehead atoms. The summed E-state index contributed by atoms with van der Waals surface area (Å²) in [5.74, 6) is -0.255. The largest absolute Gasteiger partial charge is 0.465 e. The summed E-state index contributed by atoms with van der Waals surface area (Å²) in [6.45, 7) is 8.55. The third-order valence-corrected chi connectivity index (χ3v) is 6.58. The highest BCUT2D eigenvalue weighted by Gasteiger charge is 2.36. The first-order valence-electron chi connectivity index (χ1n) is 7.01. The van der Waals surface area contributed by atoms with E-state index in [9.17, 15) is 4.79 Å². The Balaban J connectivity index is 1.93. The highest BCUT2D eigenvalue weighted by atomic mass is 32.2. The molecule has 0 fully saturated rings. The molecule has 1 aliphatic rings. The van der Waals surface area contributed by atoms with Crippen molar-refractivity contribution >= 4 is 51.6 Å². The van der Waals surface area contributed by atoms with Crippen LogP contribution in [0, 0.1) is 5.92 Å². The molecule has 118 valence electrons. The van der Waals surface area contributed by atoms with Crippen molar-refractivity contribution in [3.63, 3.8) is 0 Å². The van der Waals surface area contributed by atoms with E-state index in [0.29, 0.717) is 4.91 Å². The number of esters is 1. The van der Waals surface area contributed by atoms with Gasteiger partial charge in [0.15, 0.2) is 0 Å². The lowest BCUT2D eigenvalue weighted by molar-refractivity contribution is -0.135. The predicted molar refractivity (Wildman–Crippen MR) is 102 cm³/mol. The molecule has 0 N–H and O–H groups in total. The number of thioether (sulfide) groups is 1. The van der Waals surface area contributed by atoms with Gasteiger partial charge in [-0.05, 0) is 55.9 Å². The minimum absolute atomic E-state index is 0.0381. The maximum absolute atomic E-state index is 12.0. The summed E-state index contributed by atoms with van der Waals surface area (Å²) in [5, 5.41) is 8.31. The maximum Gasteiger partial charge on any atom is 0.344 e. The third kappa shape index (κ3) is 3.22. The van der Waals surface area contributed by atoms with Crippen molar-refractivity contribution in [3.8, 4) is 0 Å². The van der Waals surface area contributed by atoms with E-state index >= 15 is 0 Å². The Kier molecular flexibility index (Phi) is 4.90. The molecule has 0 saturated heterocycles. The third-order valence-electron chi connectivity index (χ3n) is 3.83. The Bertz CT molecular complexity index is 754. The SMILES string of the molecule is C=C(c1ccsc1)C1C=C(C(=O)OC)SC1C(=C)c1ccsc1. The minimum atomic E-state index is -0.293. The molecule has 0 radical (unpaired) electrons. The van der Waals surface area contributed by atoms with Crippen LogP contribution in [0.25, 0.3) is 11.1 Å². The standard InChI is InChI=1S/C18H16O2S3/c1-11(13-4-6-21-9-13)15-8-16(18(19)20-3)23-17(15)12(2)14-5-7-22-10-14/h4-10,15,17H,1-2H2,3H3. The minimum Gasteiger partial charge on any atom is -0.465 e. The van der Waals surface area contributed by atoms with Crippen molar-refractivity contribution in [2.45, 2.75) is 5.25 Å². The molecule has 5 heteroatoms. The molecular formula is C18H16O2S3. The van der Waals surface area contributed by atoms with Gasteiger partial charge in [-0.25, -0.2) is 4.79 Å². The van der Waals surface area contributed by atoms with Gasteiger partial charge in [0.25, 0.3) is 0 Å². The molecule has 2 aromatic heterocycles. The second kappa shape index (κ2) is 6.91. The fourth-order valence-electron chi connectivity index (χ4n) is 2.54. The molecule has 0 aliphatic carbocycles. The van der Waals surface area contributed by atoms with Gasteiger partial charge in [-0.3, -0.25) is 0 Å². The average Bonchev–Trinajstić information content (AvgIpc) is 3.33. The smallest absolute Gasteiger partial charge is 0.344 e. The van der Waals surface area contributed by atoms with Crippen molar-refractivity contribution in [2.24, 2.45) is 5.92 Å². The Hall–Kier alpha value is -1.56. The first-order chi connectivity index (χ1) is 11.1. The molecule has 0 amide bonds. The van der Waals surface area contributed by atoms with Crippen molar-refractivity contribution in [1.29, 1.82) is 0 Å². The van der Waals surface area contributed by atoms with E-state index in [0.717, 1.165) is 22.3 Å². The summed E-state index contributed by atoms with van der Waals surface area (Å²) in [6, 6.07) is 4.13. The lowest BCUT2D eigenvalue weighted by atomic mass is 9.87. The second-order valence-corrected chi connectivity index (χ2v) is 7.90. The lowest BCUT2D eigenvalue weighted by Crippen LogP contribution is -2.14. The molecule has 2 aromatic rings. The van der Waals surface area contributed by atoms with Crippen LogP contribution in [0.2, 0.25) is 0 Å². The van der Waals surface area contributed by atoms with Crippen LogP contribution in [0.4, 0.5) is 0 Å². The van der Waals surface area contributed by atoms with Gasteiger partial charge in [0, 0.05) is 11.2 Å². The number of allylic oxidation sites excluding steroid dienone is 2. The fourth-order valence-corrected chi connectivity index (χ4v) is 5.25. The van der Waals surface area contributed by atoms with Gasteiger partial charge in [0.2, 0.25) is 0 Å². The van der Waals surface area contributed by atoms with E-state index in [-0.39, 0.29) is 17.1 Å². The molecule has 23 heavy (non-hydrogen) atoms. The Morgan fingerprint density at radius 1 is 1.09 bits per heavy atom. The van der Waals surface area contributed by atoms with Crippen molar-refractivity contribution < 1.29 is 9.53 Å². The summed E-state index contributed by atoms with van der Waals surface area (Å²) in [6.07, 6.45) is 1.97. The van der Waals surface area contributed by atoms with Gasteiger partial charge >= 0.3 is 5.97 Å². The molecule has 2 atom stereocenters. The number of rotatable bonds is 5. The highest BCUT2D eigenvalue weighted by molar-refractivity contribution is 8.05. The van der Waals surface area contributed by atoms with E-state index in [1.807, 2.05) is 16.8 Å². The number of ether oxygens (including phenoxy) is 1. The number of carbonyl (C=O) groups is 1. The average molecular weight is 361 g/mol. The summed E-state index contributed by atoms with van der Waals surface area (Å²) in [5.41, 5.74) is 4.27. The molecule has 1 aliphatic heterocycles. The number of hydrogen-bond donors (Lipinski definition) is 0. The lowest BCUT2D eigenvalue weighted by Gasteiger charge is -2.22. The van der Waals surface area contributed by atoms with Gasteiger partial charge < -0.3 is 4.74 Å². The summed E-state index contributed by atoms with van der Waals surface area (Å²) < 4.78 is 4.89. The second-order valence-electron chi connectivity index (χ2n) is 5.16. The van der Waals surface area contributed by atoms with Crippen LogP contribution in [-0.2, 0) is 9.53 Å². The zero-order chi connectivity index (χ0) is 16.4. The molecular weight excluding hydrogens is 344 g/mol. The van der Waals surface area contributed by atoms with Crippen molar-refractivity contribution in [2.75, 3.05) is 7.11 Å². The summed E-state index contributed by atoms with van der Waals surface area (Å²) in [4.78, 5) is 12.6. The van der Waals surface area contributed by atoms with Crippen LogP contribution in [0.1, 0.15) is 11.1 Å². The van der Waals surface area contributed by atoms with Crippen LogP contribution in [-0.4, -0.2) is 18.3 Å². The monoisotopic (exact) mass is 360 g/mol. The first-order valence-corrected chi connectivity index (χ1v) is 9.78. The fraction of sp³-hybridized carbons (Fsp3) is 0.167. The van der Waals surface area contributed by atoms with E-state index in [1.165, 1.54) is 18.9 Å². The van der Waals surface area contributed by atoms with Gasteiger partial charge in [0.05, 0.1) is 12.0 Å². The molecule has 2 nitrogen and oxygen atoms in total. The van der Waals surface area contributed by atoms with Gasteiger partial charge in [-0.15, -0.1) is 11.8 Å². The zero-order valence-corrected chi connectivity index (χ0v) is 15.1. The molecule has 0 saturated carbocycles. The normalized spacial score (nSPS) is 20.1. The zero-order valence-electron chi connectivity index (χ0n) is 12.7. The van der Waals surface area contributed by atoms with Crippen LogP contribution >= 0.6 is 34.4 Å². The van der Waals surface area contributed by atoms with E-state index in [4.69, 9.17) is 4.74 Å². The molecule has 3 rings (SSSR count). The molecule has 0 spiro atoms. The summed E-state index contributed by atoms with van der Waals surface area (Å²) in [7, 11) is 1.41. The van der Waals surface area contributed by atoms with Crippen LogP contribution in [0.3, 0.4) is 0 Å². The van der Waals surface area contributed by atoms with Crippen LogP contribution in [0.15, 0.2) is 57.8 Å². The number of thiophene rings is 2. The molecule has 2 unspecified atom stereocenters. The van der Waals surface area contributed by atoms with E-state index in [2.05, 4.69) is 36.1 Å². The Morgan fingerprint density at radius 2 is 1.70 bits per heavy atom. The topological polar surface area (TPSA) is 26.3 Å². The number of carbonyl (C=O) groups excluding carboxylic acids is 1. The predicted octanol–water partition coefficient (Wildman–Crippen LogP) is 5.32. The summed E-state index contributed by atoms with van der Waals surface area (Å²) >= 11 is 4.81. The molecule has 0 aromatic carbocycles.